The molecule has 1 aromatic carbocycles. The third kappa shape index (κ3) is 4.68. The largest absolute Gasteiger partial charge is 0.462 e. The number of rotatable bonds is 8. The molecule has 3 aliphatic rings. The van der Waals surface area contributed by atoms with Crippen LogP contribution < -0.4 is 9.47 Å². The molecule has 0 radical (unpaired) electrons. The average molecular weight is 581 g/mol. The fraction of sp³-hybridized carbons (Fsp3) is 0.483. The predicted octanol–water partition coefficient (Wildman–Crippen LogP) is 5.54. The molecule has 3 aromatic heterocycles. The van der Waals surface area contributed by atoms with Crippen LogP contribution in [0.5, 0.6) is 11.5 Å². The van der Waals surface area contributed by atoms with Gasteiger partial charge in [0, 0.05) is 24.5 Å². The summed E-state index contributed by atoms with van der Waals surface area (Å²) in [5.74, 6) is 1.89. The van der Waals surface area contributed by atoms with E-state index in [4.69, 9.17) is 23.9 Å². The second-order valence-corrected chi connectivity index (χ2v) is 12.4. The quantitative estimate of drug-likeness (QED) is 0.251. The van der Waals surface area contributed by atoms with E-state index in [1.165, 1.54) is 16.9 Å². The molecule has 210 valence electrons. The van der Waals surface area contributed by atoms with Crippen molar-refractivity contribution in [2.24, 2.45) is 0 Å². The van der Waals surface area contributed by atoms with Crippen molar-refractivity contribution in [3.05, 3.63) is 57.1 Å². The average Bonchev–Trinajstić information content (AvgIpc) is 3.70. The molecule has 0 unspecified atom stereocenters. The molecule has 0 bridgehead atoms. The number of nitrogens with zero attached hydrogens (tertiary/aromatic N) is 4. The number of esters is 1. The van der Waals surface area contributed by atoms with Crippen molar-refractivity contribution >= 4 is 39.0 Å². The van der Waals surface area contributed by atoms with Gasteiger partial charge in [0.2, 0.25) is 0 Å². The molecule has 0 saturated carbocycles. The number of hydrogen-bond acceptors (Lipinski definition) is 10. The van der Waals surface area contributed by atoms with Crippen molar-refractivity contribution in [3.8, 4) is 11.5 Å². The number of thiazole rings is 1. The first-order chi connectivity index (χ1) is 19.5. The van der Waals surface area contributed by atoms with Crippen LogP contribution in [-0.2, 0) is 28.4 Å². The SMILES string of the molecule is CCOC(=O)c1cc2c(nc(CN3CCC(c4cccc5c4O[C@@](C)(c4cscn4)O5)CC3)n2C[C@@H]2CCO2)s1. The lowest BCUT2D eigenvalue weighted by Crippen LogP contribution is -2.35. The van der Waals surface area contributed by atoms with Crippen LogP contribution in [0.15, 0.2) is 35.2 Å². The topological polar surface area (TPSA) is 87.9 Å². The maximum Gasteiger partial charge on any atom is 0.348 e. The molecule has 2 saturated heterocycles. The van der Waals surface area contributed by atoms with E-state index in [9.17, 15) is 4.79 Å². The Morgan fingerprint density at radius 1 is 1.23 bits per heavy atom. The number of carbonyl (C=O) groups excluding carboxylic acids is 1. The van der Waals surface area contributed by atoms with E-state index < -0.39 is 5.79 Å². The summed E-state index contributed by atoms with van der Waals surface area (Å²) in [6, 6.07) is 8.15. The summed E-state index contributed by atoms with van der Waals surface area (Å²) in [7, 11) is 0. The number of thiophene rings is 1. The standard InChI is InChI=1S/C29H32N4O5S2/c1-3-35-28(34)23-13-21-27(40-23)31-25(33(21)14-19-9-12-36-19)15-32-10-7-18(8-11-32)20-5-4-6-22-26(20)38-29(2,37-22)24-16-39-17-30-24/h4-6,13,16-19H,3,7-12,14-15H2,1-2H3/t19-,29-/m0/s1. The summed E-state index contributed by atoms with van der Waals surface area (Å²) in [5.41, 5.74) is 4.81. The van der Waals surface area contributed by atoms with Crippen molar-refractivity contribution in [2.45, 2.75) is 64.0 Å². The lowest BCUT2D eigenvalue weighted by Gasteiger charge is -2.33. The van der Waals surface area contributed by atoms with E-state index in [0.717, 1.165) is 85.4 Å². The Kier molecular flexibility index (Phi) is 6.77. The highest BCUT2D eigenvalue weighted by atomic mass is 32.1. The van der Waals surface area contributed by atoms with Gasteiger partial charge in [0.25, 0.3) is 5.79 Å². The molecule has 40 heavy (non-hydrogen) atoms. The zero-order chi connectivity index (χ0) is 27.3. The van der Waals surface area contributed by atoms with E-state index in [0.29, 0.717) is 17.4 Å². The minimum absolute atomic E-state index is 0.199. The minimum atomic E-state index is -0.889. The van der Waals surface area contributed by atoms with Gasteiger partial charge in [-0.15, -0.1) is 22.7 Å². The number of benzene rings is 1. The molecule has 0 amide bonds. The number of para-hydroxylation sites is 1. The number of hydrogen-bond donors (Lipinski definition) is 0. The minimum Gasteiger partial charge on any atom is -0.462 e. The molecule has 0 spiro atoms. The fourth-order valence-corrected chi connectivity index (χ4v) is 7.42. The maximum absolute atomic E-state index is 12.3. The Balaban J connectivity index is 1.06. The maximum atomic E-state index is 12.3. The molecule has 2 fully saturated rings. The lowest BCUT2D eigenvalue weighted by molar-refractivity contribution is -0.0717. The predicted molar refractivity (Wildman–Crippen MR) is 152 cm³/mol. The van der Waals surface area contributed by atoms with Gasteiger partial charge in [-0.25, -0.2) is 14.8 Å². The Hall–Kier alpha value is -2.99. The molecule has 0 aliphatic carbocycles. The number of ether oxygens (including phenoxy) is 4. The van der Waals surface area contributed by atoms with Crippen LogP contribution in [0.2, 0.25) is 0 Å². The Morgan fingerprint density at radius 3 is 2.80 bits per heavy atom. The number of likely N-dealkylation sites (tertiary alicyclic amines) is 1. The fourth-order valence-electron chi connectivity index (χ4n) is 5.83. The number of imidazole rings is 1. The van der Waals surface area contributed by atoms with Gasteiger partial charge in [0.05, 0.1) is 36.8 Å². The lowest BCUT2D eigenvalue weighted by atomic mass is 9.88. The van der Waals surface area contributed by atoms with E-state index in [1.807, 2.05) is 31.4 Å². The van der Waals surface area contributed by atoms with Gasteiger partial charge in [-0.05, 0) is 57.3 Å². The van der Waals surface area contributed by atoms with Crippen molar-refractivity contribution < 1.29 is 23.7 Å². The van der Waals surface area contributed by atoms with E-state index in [2.05, 4.69) is 26.6 Å². The molecule has 0 N–H and O–H groups in total. The summed E-state index contributed by atoms with van der Waals surface area (Å²) >= 11 is 2.95. The van der Waals surface area contributed by atoms with Gasteiger partial charge in [0.15, 0.2) is 11.5 Å². The first-order valence-electron chi connectivity index (χ1n) is 13.9. The number of fused-ring (bicyclic) bond motifs is 2. The van der Waals surface area contributed by atoms with E-state index >= 15 is 0 Å². The van der Waals surface area contributed by atoms with Crippen molar-refractivity contribution in [1.82, 2.24) is 19.4 Å². The number of aromatic nitrogens is 3. The van der Waals surface area contributed by atoms with Gasteiger partial charge in [-0.3, -0.25) is 4.90 Å². The zero-order valence-corrected chi connectivity index (χ0v) is 24.3. The van der Waals surface area contributed by atoms with Crippen molar-refractivity contribution in [1.29, 1.82) is 0 Å². The van der Waals surface area contributed by atoms with Crippen molar-refractivity contribution in [2.75, 3.05) is 26.3 Å². The van der Waals surface area contributed by atoms with Crippen LogP contribution in [0.25, 0.3) is 10.3 Å². The van der Waals surface area contributed by atoms with Crippen LogP contribution in [0.3, 0.4) is 0 Å². The third-order valence-electron chi connectivity index (χ3n) is 8.08. The summed E-state index contributed by atoms with van der Waals surface area (Å²) in [5, 5.41) is 1.98. The molecule has 6 heterocycles. The third-order valence-corrected chi connectivity index (χ3v) is 9.67. The molecule has 7 rings (SSSR count). The summed E-state index contributed by atoms with van der Waals surface area (Å²) in [6.45, 7) is 8.39. The summed E-state index contributed by atoms with van der Waals surface area (Å²) < 4.78 is 25.9. The first-order valence-corrected chi connectivity index (χ1v) is 15.7. The van der Waals surface area contributed by atoms with Crippen LogP contribution in [0.4, 0.5) is 0 Å². The van der Waals surface area contributed by atoms with Gasteiger partial charge >= 0.3 is 5.97 Å². The second-order valence-electron chi connectivity index (χ2n) is 10.7. The number of carbonyl (C=O) groups is 1. The first kappa shape index (κ1) is 25.9. The molecule has 4 aromatic rings. The summed E-state index contributed by atoms with van der Waals surface area (Å²) in [6.07, 6.45) is 3.31. The van der Waals surface area contributed by atoms with Crippen molar-refractivity contribution in [3.63, 3.8) is 0 Å². The van der Waals surface area contributed by atoms with Gasteiger partial charge in [0.1, 0.15) is 21.2 Å². The Morgan fingerprint density at radius 2 is 2.08 bits per heavy atom. The van der Waals surface area contributed by atoms with Crippen LogP contribution in [0.1, 0.15) is 65.8 Å². The van der Waals surface area contributed by atoms with E-state index in [-0.39, 0.29) is 12.1 Å². The molecule has 9 nitrogen and oxygen atoms in total. The molecule has 3 aliphatic heterocycles. The second kappa shape index (κ2) is 10.4. The van der Waals surface area contributed by atoms with Crippen LogP contribution >= 0.6 is 22.7 Å². The summed E-state index contributed by atoms with van der Waals surface area (Å²) in [4.78, 5) is 25.7. The highest BCUT2D eigenvalue weighted by Crippen LogP contribution is 2.49. The van der Waals surface area contributed by atoms with Gasteiger partial charge in [-0.2, -0.15) is 0 Å². The van der Waals surface area contributed by atoms with E-state index in [1.54, 1.807) is 16.8 Å². The van der Waals surface area contributed by atoms with Gasteiger partial charge in [-0.1, -0.05) is 12.1 Å². The molecular formula is C29H32N4O5S2. The highest BCUT2D eigenvalue weighted by molar-refractivity contribution is 7.20. The monoisotopic (exact) mass is 580 g/mol. The van der Waals surface area contributed by atoms with Gasteiger partial charge < -0.3 is 23.5 Å². The normalized spacial score (nSPS) is 23.0. The Labute approximate surface area is 240 Å². The zero-order valence-electron chi connectivity index (χ0n) is 22.6. The molecular weight excluding hydrogens is 548 g/mol. The number of piperidine rings is 1. The Bertz CT molecular complexity index is 1520. The van der Waals surface area contributed by atoms with Crippen LogP contribution in [-0.4, -0.2) is 57.8 Å². The molecule has 11 heteroatoms. The molecule has 2 atom stereocenters. The smallest absolute Gasteiger partial charge is 0.348 e. The van der Waals surface area contributed by atoms with Crippen LogP contribution in [0, 0.1) is 0 Å². The highest BCUT2D eigenvalue weighted by Gasteiger charge is 2.42.